The maximum atomic E-state index is 13.9. The minimum absolute atomic E-state index is 0.0312. The van der Waals surface area contributed by atoms with Crippen LogP contribution in [0.4, 0.5) is 8.78 Å². The Hall–Kier alpha value is -3.55. The second-order valence-electron chi connectivity index (χ2n) is 8.51. The molecule has 0 unspecified atom stereocenters. The molecule has 0 aliphatic carbocycles. The van der Waals surface area contributed by atoms with Crippen molar-refractivity contribution in [2.75, 3.05) is 0 Å². The average molecular weight is 434 g/mol. The molecule has 8 heteroatoms. The first-order valence-electron chi connectivity index (χ1n) is 10.7. The number of hydrogen-bond acceptors (Lipinski definition) is 4. The maximum absolute atomic E-state index is 13.9. The summed E-state index contributed by atoms with van der Waals surface area (Å²) < 4.78 is 35.3. The number of benzene rings is 1. The number of pyridine rings is 1. The number of aryl methyl sites for hydroxylation is 1. The van der Waals surface area contributed by atoms with Crippen LogP contribution < -0.4 is 0 Å². The molecule has 5 heterocycles. The third-order valence-electron chi connectivity index (χ3n) is 6.54. The summed E-state index contributed by atoms with van der Waals surface area (Å²) in [6.07, 6.45) is 4.87. The van der Waals surface area contributed by atoms with E-state index in [1.165, 1.54) is 12.1 Å². The molecular formula is C24H20F2N4O2. The van der Waals surface area contributed by atoms with Gasteiger partial charge in [0, 0.05) is 42.5 Å². The lowest BCUT2D eigenvalue weighted by Crippen LogP contribution is -2.49. The van der Waals surface area contributed by atoms with Crippen LogP contribution in [0.1, 0.15) is 47.1 Å². The van der Waals surface area contributed by atoms with Crippen molar-refractivity contribution in [1.82, 2.24) is 19.7 Å². The molecule has 4 aromatic rings. The van der Waals surface area contributed by atoms with E-state index in [2.05, 4.69) is 4.98 Å². The summed E-state index contributed by atoms with van der Waals surface area (Å²) in [6, 6.07) is 8.53. The number of amides is 1. The molecular weight excluding hydrogens is 414 g/mol. The molecule has 32 heavy (non-hydrogen) atoms. The minimum Gasteiger partial charge on any atom is -0.449 e. The van der Waals surface area contributed by atoms with Gasteiger partial charge in [0.05, 0.1) is 17.4 Å². The number of carbonyl (C=O) groups excluding carboxylic acids is 1. The van der Waals surface area contributed by atoms with Gasteiger partial charge in [-0.3, -0.25) is 14.5 Å². The van der Waals surface area contributed by atoms with Crippen LogP contribution in [-0.2, 0) is 13.5 Å². The number of fused-ring (bicyclic) bond motifs is 5. The Morgan fingerprint density at radius 3 is 2.75 bits per heavy atom. The van der Waals surface area contributed by atoms with Gasteiger partial charge in [-0.25, -0.2) is 8.78 Å². The number of halogens is 2. The third-order valence-corrected chi connectivity index (χ3v) is 6.54. The predicted molar refractivity (Wildman–Crippen MR) is 113 cm³/mol. The van der Waals surface area contributed by atoms with Crippen LogP contribution in [0, 0.1) is 11.6 Å². The number of carbonyl (C=O) groups is 1. The van der Waals surface area contributed by atoms with Crippen molar-refractivity contribution in [2.45, 2.75) is 37.8 Å². The van der Waals surface area contributed by atoms with Gasteiger partial charge in [-0.2, -0.15) is 5.10 Å². The van der Waals surface area contributed by atoms with Crippen molar-refractivity contribution in [3.63, 3.8) is 0 Å². The number of piperidine rings is 1. The normalized spacial score (nSPS) is 19.9. The van der Waals surface area contributed by atoms with Crippen molar-refractivity contribution in [1.29, 1.82) is 0 Å². The number of furan rings is 1. The van der Waals surface area contributed by atoms with E-state index >= 15 is 0 Å². The van der Waals surface area contributed by atoms with Gasteiger partial charge in [0.15, 0.2) is 11.3 Å². The Balaban J connectivity index is 1.43. The highest BCUT2D eigenvalue weighted by molar-refractivity contribution is 5.96. The number of nitrogens with zero attached hydrogens (tertiary/aromatic N) is 4. The fourth-order valence-electron chi connectivity index (χ4n) is 5.30. The monoisotopic (exact) mass is 434 g/mol. The van der Waals surface area contributed by atoms with E-state index in [1.54, 1.807) is 36.1 Å². The summed E-state index contributed by atoms with van der Waals surface area (Å²) in [5.74, 6) is -1.16. The zero-order chi connectivity index (χ0) is 22.0. The van der Waals surface area contributed by atoms with E-state index < -0.39 is 11.6 Å². The van der Waals surface area contributed by atoms with Crippen molar-refractivity contribution in [2.24, 2.45) is 7.05 Å². The molecule has 1 saturated heterocycles. The van der Waals surface area contributed by atoms with E-state index in [0.717, 1.165) is 36.6 Å². The highest BCUT2D eigenvalue weighted by Crippen LogP contribution is 2.45. The quantitative estimate of drug-likeness (QED) is 0.455. The zero-order valence-electron chi connectivity index (χ0n) is 17.4. The molecule has 2 aliphatic heterocycles. The fraction of sp³-hybridized carbons (Fsp3) is 0.292. The molecule has 0 radical (unpaired) electrons. The van der Waals surface area contributed by atoms with Gasteiger partial charge in [-0.1, -0.05) is 0 Å². The first-order valence-corrected chi connectivity index (χ1v) is 10.7. The fourth-order valence-corrected chi connectivity index (χ4v) is 5.30. The predicted octanol–water partition coefficient (Wildman–Crippen LogP) is 4.80. The van der Waals surface area contributed by atoms with Crippen molar-refractivity contribution < 1.29 is 18.0 Å². The van der Waals surface area contributed by atoms with Gasteiger partial charge in [0.25, 0.3) is 5.91 Å². The summed E-state index contributed by atoms with van der Waals surface area (Å²) >= 11 is 0. The lowest BCUT2D eigenvalue weighted by molar-refractivity contribution is 0.0363. The summed E-state index contributed by atoms with van der Waals surface area (Å²) in [5.41, 5.74) is 4.14. The minimum atomic E-state index is -0.624. The molecule has 1 fully saturated rings. The second-order valence-corrected chi connectivity index (χ2v) is 8.51. The molecule has 2 bridgehead atoms. The van der Waals surface area contributed by atoms with Gasteiger partial charge >= 0.3 is 0 Å². The Labute approximate surface area is 182 Å². The van der Waals surface area contributed by atoms with Crippen LogP contribution in [0.5, 0.6) is 0 Å². The molecule has 2 aliphatic rings. The van der Waals surface area contributed by atoms with E-state index in [1.807, 2.05) is 4.90 Å². The topological polar surface area (TPSA) is 64.2 Å². The molecule has 1 aromatic carbocycles. The molecule has 1 amide bonds. The molecule has 0 N–H and O–H groups in total. The number of hydrogen-bond donors (Lipinski definition) is 0. The van der Waals surface area contributed by atoms with Gasteiger partial charge in [0.1, 0.15) is 17.2 Å². The number of aromatic nitrogens is 3. The summed E-state index contributed by atoms with van der Waals surface area (Å²) in [5, 5.41) is 4.71. The van der Waals surface area contributed by atoms with Crippen molar-refractivity contribution in [3.05, 3.63) is 71.2 Å². The van der Waals surface area contributed by atoms with Crippen LogP contribution in [0.3, 0.4) is 0 Å². The Bertz CT molecular complexity index is 1320. The summed E-state index contributed by atoms with van der Waals surface area (Å²) in [4.78, 5) is 19.7. The summed E-state index contributed by atoms with van der Waals surface area (Å²) in [7, 11) is 1.78. The van der Waals surface area contributed by atoms with Crippen LogP contribution >= 0.6 is 0 Å². The van der Waals surface area contributed by atoms with Crippen LogP contribution in [-0.4, -0.2) is 31.6 Å². The Kier molecular flexibility index (Phi) is 4.18. The molecule has 0 saturated carbocycles. The third kappa shape index (κ3) is 2.86. The van der Waals surface area contributed by atoms with E-state index in [0.29, 0.717) is 28.8 Å². The molecule has 162 valence electrons. The van der Waals surface area contributed by atoms with Gasteiger partial charge in [-0.05, 0) is 49.9 Å². The Morgan fingerprint density at radius 2 is 1.97 bits per heavy atom. The smallest absolute Gasteiger partial charge is 0.290 e. The van der Waals surface area contributed by atoms with E-state index in [-0.39, 0.29) is 23.8 Å². The standard InChI is InChI=1S/C24H20F2N4O2/c1-29-23(13-8-14(25)10-15(26)9-13)17-11-16-4-2-5-19(22(17)28-29)30(16)24(31)21-12-18-20(32-21)6-3-7-27-18/h3,6-10,12,16,19H,2,4-5,11H2,1H3/t16-,19+/m0/s1. The first-order chi connectivity index (χ1) is 15.5. The van der Waals surface area contributed by atoms with Crippen LogP contribution in [0.25, 0.3) is 22.4 Å². The highest BCUT2D eigenvalue weighted by atomic mass is 19.1. The van der Waals surface area contributed by atoms with Gasteiger partial charge in [0.2, 0.25) is 0 Å². The van der Waals surface area contributed by atoms with Crippen molar-refractivity contribution >= 4 is 17.0 Å². The second kappa shape index (κ2) is 6.98. The summed E-state index contributed by atoms with van der Waals surface area (Å²) in [6.45, 7) is 0. The number of rotatable bonds is 2. The van der Waals surface area contributed by atoms with Crippen LogP contribution in [0.15, 0.2) is 47.0 Å². The SMILES string of the molecule is Cn1nc2c(c1-c1cc(F)cc(F)c1)C[C@@H]1CCC[C@H]2N1C(=O)c1cc2ncccc2o1. The average Bonchev–Trinajstić information content (AvgIpc) is 3.33. The molecule has 6 rings (SSSR count). The lowest BCUT2D eigenvalue weighted by Gasteiger charge is -2.45. The van der Waals surface area contributed by atoms with Gasteiger partial charge in [-0.15, -0.1) is 0 Å². The van der Waals surface area contributed by atoms with Crippen LogP contribution in [0.2, 0.25) is 0 Å². The molecule has 2 atom stereocenters. The zero-order valence-corrected chi connectivity index (χ0v) is 17.4. The lowest BCUT2D eigenvalue weighted by atomic mass is 9.81. The van der Waals surface area contributed by atoms with E-state index in [9.17, 15) is 13.6 Å². The van der Waals surface area contributed by atoms with Crippen molar-refractivity contribution in [3.8, 4) is 11.3 Å². The Morgan fingerprint density at radius 1 is 1.16 bits per heavy atom. The first kappa shape index (κ1) is 19.2. The molecule has 6 nitrogen and oxygen atoms in total. The molecule has 3 aromatic heterocycles. The highest BCUT2D eigenvalue weighted by Gasteiger charge is 2.44. The van der Waals surface area contributed by atoms with E-state index in [4.69, 9.17) is 9.52 Å². The largest absolute Gasteiger partial charge is 0.449 e. The molecule has 0 spiro atoms. The maximum Gasteiger partial charge on any atom is 0.290 e. The van der Waals surface area contributed by atoms with Gasteiger partial charge < -0.3 is 9.32 Å².